The van der Waals surface area contributed by atoms with Crippen molar-refractivity contribution in [3.05, 3.63) is 53.0 Å². The predicted molar refractivity (Wildman–Crippen MR) is 71.6 cm³/mol. The van der Waals surface area contributed by atoms with Crippen molar-refractivity contribution in [3.8, 4) is 0 Å². The molecule has 1 heterocycles. The zero-order valence-corrected chi connectivity index (χ0v) is 11.3. The first-order chi connectivity index (χ1) is 9.40. The molecule has 0 spiro atoms. The summed E-state index contributed by atoms with van der Waals surface area (Å²) in [7, 11) is 0. The summed E-state index contributed by atoms with van der Waals surface area (Å²) in [5, 5.41) is 2.94. The van der Waals surface area contributed by atoms with Crippen LogP contribution in [-0.4, -0.2) is 0 Å². The van der Waals surface area contributed by atoms with Crippen LogP contribution in [0, 0.1) is 6.92 Å². The highest BCUT2D eigenvalue weighted by Crippen LogP contribution is 2.33. The molecule has 1 aromatic heterocycles. The number of hydrogen-bond donors (Lipinski definition) is 1. The highest BCUT2D eigenvalue weighted by Gasteiger charge is 2.32. The van der Waals surface area contributed by atoms with Crippen molar-refractivity contribution in [3.63, 3.8) is 0 Å². The summed E-state index contributed by atoms with van der Waals surface area (Å²) in [4.78, 5) is 0. The first-order valence-electron chi connectivity index (χ1n) is 6.39. The van der Waals surface area contributed by atoms with Crippen molar-refractivity contribution in [2.24, 2.45) is 0 Å². The van der Waals surface area contributed by atoms with Crippen molar-refractivity contribution < 1.29 is 17.6 Å². The summed E-state index contributed by atoms with van der Waals surface area (Å²) in [6, 6.07) is 7.91. The molecule has 0 fully saturated rings. The molecule has 20 heavy (non-hydrogen) atoms. The zero-order valence-electron chi connectivity index (χ0n) is 11.3. The SMILES string of the molecule is CCc1ccc(CNc2ccc(C)c(C(F)(F)F)c2)o1. The summed E-state index contributed by atoms with van der Waals surface area (Å²) in [5.41, 5.74) is 0.0304. The topological polar surface area (TPSA) is 25.2 Å². The van der Waals surface area contributed by atoms with Gasteiger partial charge in [0.2, 0.25) is 0 Å². The third-order valence-corrected chi connectivity index (χ3v) is 3.08. The minimum atomic E-state index is -4.33. The van der Waals surface area contributed by atoms with E-state index in [1.807, 2.05) is 19.1 Å². The van der Waals surface area contributed by atoms with Gasteiger partial charge in [-0.2, -0.15) is 13.2 Å². The molecule has 0 unspecified atom stereocenters. The van der Waals surface area contributed by atoms with Crippen molar-refractivity contribution in [2.45, 2.75) is 33.0 Å². The molecule has 0 aliphatic carbocycles. The number of rotatable bonds is 4. The van der Waals surface area contributed by atoms with Crippen LogP contribution >= 0.6 is 0 Å². The summed E-state index contributed by atoms with van der Waals surface area (Å²) >= 11 is 0. The number of aryl methyl sites for hydroxylation is 2. The summed E-state index contributed by atoms with van der Waals surface area (Å²) < 4.78 is 43.9. The Labute approximate surface area is 115 Å². The molecule has 0 radical (unpaired) electrons. The highest BCUT2D eigenvalue weighted by molar-refractivity contribution is 5.49. The van der Waals surface area contributed by atoms with E-state index in [1.165, 1.54) is 13.0 Å². The monoisotopic (exact) mass is 283 g/mol. The van der Waals surface area contributed by atoms with Gasteiger partial charge in [-0.25, -0.2) is 0 Å². The van der Waals surface area contributed by atoms with Crippen LogP contribution in [0.1, 0.15) is 29.6 Å². The minimum Gasteiger partial charge on any atom is -0.464 e. The predicted octanol–water partition coefficient (Wildman–Crippen LogP) is 4.78. The van der Waals surface area contributed by atoms with Crippen molar-refractivity contribution in [1.82, 2.24) is 0 Å². The van der Waals surface area contributed by atoms with Crippen molar-refractivity contribution in [2.75, 3.05) is 5.32 Å². The number of anilines is 1. The Balaban J connectivity index is 2.10. The van der Waals surface area contributed by atoms with Gasteiger partial charge >= 0.3 is 6.18 Å². The molecule has 108 valence electrons. The van der Waals surface area contributed by atoms with Gasteiger partial charge in [0.15, 0.2) is 0 Å². The van der Waals surface area contributed by atoms with Crippen LogP contribution in [0.3, 0.4) is 0 Å². The first kappa shape index (κ1) is 14.5. The molecule has 5 heteroatoms. The van der Waals surface area contributed by atoms with Crippen LogP contribution in [0.5, 0.6) is 0 Å². The van der Waals surface area contributed by atoms with Gasteiger partial charge in [-0.15, -0.1) is 0 Å². The number of hydrogen-bond acceptors (Lipinski definition) is 2. The average Bonchev–Trinajstić information content (AvgIpc) is 2.84. The number of nitrogens with one attached hydrogen (secondary N) is 1. The second-order valence-electron chi connectivity index (χ2n) is 4.60. The van der Waals surface area contributed by atoms with Gasteiger partial charge in [-0.3, -0.25) is 0 Å². The van der Waals surface area contributed by atoms with Crippen LogP contribution in [0.2, 0.25) is 0 Å². The molecule has 0 amide bonds. The van der Waals surface area contributed by atoms with E-state index in [4.69, 9.17) is 4.42 Å². The van der Waals surface area contributed by atoms with Gasteiger partial charge in [0.05, 0.1) is 12.1 Å². The van der Waals surface area contributed by atoms with E-state index in [-0.39, 0.29) is 5.56 Å². The fourth-order valence-corrected chi connectivity index (χ4v) is 1.93. The van der Waals surface area contributed by atoms with Gasteiger partial charge < -0.3 is 9.73 Å². The minimum absolute atomic E-state index is 0.217. The standard InChI is InChI=1S/C15H16F3NO/c1-3-12-6-7-13(20-12)9-19-11-5-4-10(2)14(8-11)15(16,17)18/h4-8,19H,3,9H2,1-2H3. The molecule has 2 aromatic rings. The molecule has 2 rings (SSSR count). The second-order valence-corrected chi connectivity index (χ2v) is 4.60. The Morgan fingerprint density at radius 2 is 1.80 bits per heavy atom. The average molecular weight is 283 g/mol. The van der Waals surface area contributed by atoms with Crippen molar-refractivity contribution in [1.29, 1.82) is 0 Å². The maximum Gasteiger partial charge on any atom is 0.416 e. The molecule has 0 saturated heterocycles. The molecule has 0 aliphatic heterocycles. The summed E-state index contributed by atoms with van der Waals surface area (Å²) in [5.74, 6) is 1.57. The molecular formula is C15H16F3NO. The summed E-state index contributed by atoms with van der Waals surface area (Å²) in [6.45, 7) is 3.79. The fraction of sp³-hybridized carbons (Fsp3) is 0.333. The Bertz CT molecular complexity index is 587. The number of furan rings is 1. The molecule has 1 aromatic carbocycles. The number of alkyl halides is 3. The Morgan fingerprint density at radius 3 is 2.40 bits per heavy atom. The van der Waals surface area contributed by atoms with E-state index in [9.17, 15) is 13.2 Å². The molecule has 1 N–H and O–H groups in total. The third kappa shape index (κ3) is 3.35. The number of benzene rings is 1. The van der Waals surface area contributed by atoms with Crippen LogP contribution in [0.4, 0.5) is 18.9 Å². The molecule has 0 aliphatic rings. The third-order valence-electron chi connectivity index (χ3n) is 3.08. The van der Waals surface area contributed by atoms with E-state index in [1.54, 1.807) is 6.07 Å². The maximum absolute atomic E-state index is 12.8. The fourth-order valence-electron chi connectivity index (χ4n) is 1.93. The molecule has 0 bridgehead atoms. The lowest BCUT2D eigenvalue weighted by molar-refractivity contribution is -0.138. The van der Waals surface area contributed by atoms with E-state index in [2.05, 4.69) is 5.32 Å². The Kier molecular flexibility index (Phi) is 4.06. The van der Waals surface area contributed by atoms with E-state index < -0.39 is 11.7 Å². The summed E-state index contributed by atoms with van der Waals surface area (Å²) in [6.07, 6.45) is -3.54. The molecule has 2 nitrogen and oxygen atoms in total. The molecule has 0 saturated carbocycles. The van der Waals surface area contributed by atoms with Gasteiger partial charge in [0.1, 0.15) is 11.5 Å². The van der Waals surface area contributed by atoms with Gasteiger partial charge in [-0.1, -0.05) is 13.0 Å². The van der Waals surface area contributed by atoms with E-state index >= 15 is 0 Å². The van der Waals surface area contributed by atoms with Gasteiger partial charge in [0.25, 0.3) is 0 Å². The lowest BCUT2D eigenvalue weighted by Gasteiger charge is -2.12. The molecule has 0 atom stereocenters. The maximum atomic E-state index is 12.8. The normalized spacial score (nSPS) is 11.7. The van der Waals surface area contributed by atoms with Crippen molar-refractivity contribution >= 4 is 5.69 Å². The lowest BCUT2D eigenvalue weighted by atomic mass is 10.1. The van der Waals surface area contributed by atoms with E-state index in [0.29, 0.717) is 18.0 Å². The Morgan fingerprint density at radius 1 is 1.10 bits per heavy atom. The van der Waals surface area contributed by atoms with Gasteiger partial charge in [-0.05, 0) is 36.8 Å². The van der Waals surface area contributed by atoms with Gasteiger partial charge in [0, 0.05) is 12.1 Å². The molecular weight excluding hydrogens is 267 g/mol. The largest absolute Gasteiger partial charge is 0.464 e. The van der Waals surface area contributed by atoms with Crippen LogP contribution in [0.15, 0.2) is 34.7 Å². The van der Waals surface area contributed by atoms with E-state index in [0.717, 1.165) is 18.2 Å². The zero-order chi connectivity index (χ0) is 14.8. The smallest absolute Gasteiger partial charge is 0.416 e. The second kappa shape index (κ2) is 5.61. The lowest BCUT2D eigenvalue weighted by Crippen LogP contribution is -2.08. The van der Waals surface area contributed by atoms with Crippen LogP contribution < -0.4 is 5.32 Å². The quantitative estimate of drug-likeness (QED) is 0.873. The Hall–Kier alpha value is -1.91. The highest BCUT2D eigenvalue weighted by atomic mass is 19.4. The number of halogens is 3. The van der Waals surface area contributed by atoms with Crippen LogP contribution in [0.25, 0.3) is 0 Å². The van der Waals surface area contributed by atoms with Crippen LogP contribution in [-0.2, 0) is 19.1 Å². The first-order valence-corrected chi connectivity index (χ1v) is 6.39.